The number of carbonyl (C=O) groups excluding carboxylic acids is 1. The highest BCUT2D eigenvalue weighted by molar-refractivity contribution is 6.08. The lowest BCUT2D eigenvalue weighted by Gasteiger charge is -2.21. The molecule has 2 aromatic rings. The summed E-state index contributed by atoms with van der Waals surface area (Å²) in [6.07, 6.45) is 1.77. The fourth-order valence-electron chi connectivity index (χ4n) is 2.31. The summed E-state index contributed by atoms with van der Waals surface area (Å²) in [6, 6.07) is 7.80. The number of amides is 1. The third kappa shape index (κ3) is 2.18. The van der Waals surface area contributed by atoms with Gasteiger partial charge in [0.15, 0.2) is 0 Å². The molecule has 0 aliphatic carbocycles. The maximum atomic E-state index is 12.3. The van der Waals surface area contributed by atoms with Crippen LogP contribution >= 0.6 is 0 Å². The average Bonchev–Trinajstić information content (AvgIpc) is 2.40. The molecule has 1 aliphatic heterocycles. The van der Waals surface area contributed by atoms with Crippen molar-refractivity contribution in [1.82, 2.24) is 10.3 Å². The maximum absolute atomic E-state index is 12.3. The second kappa shape index (κ2) is 5.06. The van der Waals surface area contributed by atoms with Crippen molar-refractivity contribution in [1.29, 1.82) is 0 Å². The monoisotopic (exact) mass is 267 g/mol. The highest BCUT2D eigenvalue weighted by atomic mass is 16.1. The van der Waals surface area contributed by atoms with Crippen LogP contribution in [0.3, 0.4) is 0 Å². The molecule has 1 aliphatic rings. The van der Waals surface area contributed by atoms with E-state index in [1.54, 1.807) is 6.20 Å². The van der Waals surface area contributed by atoms with Gasteiger partial charge in [0.2, 0.25) is 0 Å². The van der Waals surface area contributed by atoms with Crippen LogP contribution in [0.4, 0.5) is 5.69 Å². The lowest BCUT2D eigenvalue weighted by atomic mass is 10.0. The summed E-state index contributed by atoms with van der Waals surface area (Å²) in [4.78, 5) is 16.6. The second-order valence-corrected chi connectivity index (χ2v) is 5.12. The lowest BCUT2D eigenvalue weighted by molar-refractivity contribution is -0.112. The van der Waals surface area contributed by atoms with E-state index < -0.39 is 0 Å². The van der Waals surface area contributed by atoms with E-state index in [2.05, 4.69) is 15.6 Å². The van der Waals surface area contributed by atoms with Crippen molar-refractivity contribution in [3.63, 3.8) is 0 Å². The van der Waals surface area contributed by atoms with Gasteiger partial charge in [-0.3, -0.25) is 9.78 Å². The summed E-state index contributed by atoms with van der Waals surface area (Å²) in [7, 11) is 0. The van der Waals surface area contributed by atoms with Gasteiger partial charge >= 0.3 is 0 Å². The Hall–Kier alpha value is -2.20. The number of nitrogens with zero attached hydrogens (tertiary/aromatic N) is 1. The third-order valence-corrected chi connectivity index (χ3v) is 3.77. The highest BCUT2D eigenvalue weighted by Crippen LogP contribution is 2.25. The molecule has 102 valence electrons. The van der Waals surface area contributed by atoms with Gasteiger partial charge in [-0.05, 0) is 43.2 Å². The van der Waals surface area contributed by atoms with Crippen molar-refractivity contribution in [2.75, 3.05) is 18.4 Å². The van der Waals surface area contributed by atoms with Crippen LogP contribution in [0.15, 0.2) is 41.6 Å². The van der Waals surface area contributed by atoms with Gasteiger partial charge < -0.3 is 10.6 Å². The average molecular weight is 267 g/mol. The molecular formula is C16H17N3O. The smallest absolute Gasteiger partial charge is 0.251 e. The zero-order valence-electron chi connectivity index (χ0n) is 11.7. The molecule has 0 unspecified atom stereocenters. The van der Waals surface area contributed by atoms with E-state index in [1.165, 1.54) is 5.57 Å². The topological polar surface area (TPSA) is 54.0 Å². The summed E-state index contributed by atoms with van der Waals surface area (Å²) in [5.74, 6) is -0.0319. The van der Waals surface area contributed by atoms with E-state index in [0.717, 1.165) is 40.8 Å². The summed E-state index contributed by atoms with van der Waals surface area (Å²) < 4.78 is 0. The van der Waals surface area contributed by atoms with Gasteiger partial charge in [0.25, 0.3) is 5.91 Å². The number of nitrogens with one attached hydrogen (secondary N) is 2. The van der Waals surface area contributed by atoms with Gasteiger partial charge in [-0.15, -0.1) is 0 Å². The highest BCUT2D eigenvalue weighted by Gasteiger charge is 2.16. The zero-order chi connectivity index (χ0) is 14.1. The molecule has 2 N–H and O–H groups in total. The second-order valence-electron chi connectivity index (χ2n) is 5.12. The first-order valence-corrected chi connectivity index (χ1v) is 6.72. The van der Waals surface area contributed by atoms with E-state index in [4.69, 9.17) is 0 Å². The Kier molecular flexibility index (Phi) is 3.24. The summed E-state index contributed by atoms with van der Waals surface area (Å²) in [5.41, 5.74) is 4.84. The Labute approximate surface area is 117 Å². The molecule has 3 rings (SSSR count). The minimum absolute atomic E-state index is 0.0319. The van der Waals surface area contributed by atoms with Crippen LogP contribution in [0, 0.1) is 6.92 Å². The van der Waals surface area contributed by atoms with Crippen LogP contribution < -0.4 is 10.6 Å². The van der Waals surface area contributed by atoms with Crippen LogP contribution in [0.2, 0.25) is 0 Å². The first kappa shape index (κ1) is 12.8. The minimum Gasteiger partial charge on any atom is -0.322 e. The standard InChI is InChI=1S/C16H17N3O/c1-10-5-6-14(13-4-3-7-18-15(10)13)19-16(20)11(2)12-8-17-9-12/h3-7,17H,8-9H2,1-2H3,(H,19,20). The fraction of sp³-hybridized carbons (Fsp3) is 0.250. The van der Waals surface area contributed by atoms with E-state index in [-0.39, 0.29) is 5.91 Å². The number of aromatic nitrogens is 1. The van der Waals surface area contributed by atoms with Gasteiger partial charge in [-0.1, -0.05) is 6.07 Å². The number of pyridine rings is 1. The number of fused-ring (bicyclic) bond motifs is 1. The predicted octanol–water partition coefficient (Wildman–Crippen LogP) is 2.40. The van der Waals surface area contributed by atoms with Crippen molar-refractivity contribution >= 4 is 22.5 Å². The zero-order valence-corrected chi connectivity index (χ0v) is 11.7. The van der Waals surface area contributed by atoms with Crippen molar-refractivity contribution in [2.24, 2.45) is 0 Å². The Bertz CT molecular complexity index is 713. The van der Waals surface area contributed by atoms with Gasteiger partial charge in [-0.2, -0.15) is 0 Å². The van der Waals surface area contributed by atoms with Crippen LogP contribution in [-0.2, 0) is 4.79 Å². The van der Waals surface area contributed by atoms with Crippen LogP contribution in [0.25, 0.3) is 10.9 Å². The van der Waals surface area contributed by atoms with Gasteiger partial charge in [0.1, 0.15) is 0 Å². The summed E-state index contributed by atoms with van der Waals surface area (Å²) in [6.45, 7) is 5.53. The number of hydrogen-bond donors (Lipinski definition) is 2. The Morgan fingerprint density at radius 1 is 1.30 bits per heavy atom. The molecule has 4 heteroatoms. The van der Waals surface area contributed by atoms with Crippen LogP contribution in [-0.4, -0.2) is 24.0 Å². The normalized spacial score (nSPS) is 14.0. The molecule has 1 aromatic carbocycles. The molecule has 4 nitrogen and oxygen atoms in total. The molecule has 20 heavy (non-hydrogen) atoms. The predicted molar refractivity (Wildman–Crippen MR) is 80.7 cm³/mol. The van der Waals surface area contributed by atoms with E-state index in [1.807, 2.05) is 38.1 Å². The third-order valence-electron chi connectivity index (χ3n) is 3.77. The molecule has 0 spiro atoms. The number of carbonyl (C=O) groups is 1. The molecule has 1 aromatic heterocycles. The number of benzene rings is 1. The molecule has 0 saturated carbocycles. The molecular weight excluding hydrogens is 250 g/mol. The van der Waals surface area contributed by atoms with E-state index in [0.29, 0.717) is 0 Å². The maximum Gasteiger partial charge on any atom is 0.251 e. The largest absolute Gasteiger partial charge is 0.322 e. The molecule has 1 fully saturated rings. The van der Waals surface area contributed by atoms with Crippen LogP contribution in [0.1, 0.15) is 12.5 Å². The van der Waals surface area contributed by atoms with Gasteiger partial charge in [0, 0.05) is 30.2 Å². The number of hydrogen-bond acceptors (Lipinski definition) is 3. The minimum atomic E-state index is -0.0319. The first-order chi connectivity index (χ1) is 9.66. The molecule has 0 radical (unpaired) electrons. The van der Waals surface area contributed by atoms with Crippen molar-refractivity contribution in [3.05, 3.63) is 47.2 Å². The molecule has 0 atom stereocenters. The van der Waals surface area contributed by atoms with Gasteiger partial charge in [-0.25, -0.2) is 0 Å². The number of aryl methyl sites for hydroxylation is 1. The van der Waals surface area contributed by atoms with Crippen molar-refractivity contribution < 1.29 is 4.79 Å². The molecule has 1 amide bonds. The first-order valence-electron chi connectivity index (χ1n) is 6.72. The lowest BCUT2D eigenvalue weighted by Crippen LogP contribution is -2.36. The number of rotatable bonds is 2. The Balaban J connectivity index is 1.95. The summed E-state index contributed by atoms with van der Waals surface area (Å²) >= 11 is 0. The molecule has 1 saturated heterocycles. The molecule has 0 bridgehead atoms. The van der Waals surface area contributed by atoms with E-state index in [9.17, 15) is 4.79 Å². The van der Waals surface area contributed by atoms with Gasteiger partial charge in [0.05, 0.1) is 11.2 Å². The quantitative estimate of drug-likeness (QED) is 0.822. The summed E-state index contributed by atoms with van der Waals surface area (Å²) in [5, 5.41) is 7.12. The Morgan fingerprint density at radius 2 is 2.10 bits per heavy atom. The number of anilines is 1. The SMILES string of the molecule is CC(C(=O)Nc1ccc(C)c2ncccc12)=C1CNC1. The van der Waals surface area contributed by atoms with Crippen LogP contribution in [0.5, 0.6) is 0 Å². The van der Waals surface area contributed by atoms with E-state index >= 15 is 0 Å². The Morgan fingerprint density at radius 3 is 2.80 bits per heavy atom. The van der Waals surface area contributed by atoms with Crippen molar-refractivity contribution in [2.45, 2.75) is 13.8 Å². The molecule has 2 heterocycles. The van der Waals surface area contributed by atoms with Crippen molar-refractivity contribution in [3.8, 4) is 0 Å². The fourth-order valence-corrected chi connectivity index (χ4v) is 2.31.